The Hall–Kier alpha value is -1.66. The van der Waals surface area contributed by atoms with Gasteiger partial charge in [-0.05, 0) is 12.0 Å². The van der Waals surface area contributed by atoms with E-state index in [0.717, 1.165) is 0 Å². The minimum absolute atomic E-state index is 0.0227. The first-order chi connectivity index (χ1) is 8.99. The molecule has 0 aliphatic rings. The first-order valence-electron chi connectivity index (χ1n) is 6.15. The molecule has 1 aromatic rings. The molecule has 1 atom stereocenters. The number of benzene rings is 1. The molecule has 2 N–H and O–H groups in total. The molecule has 0 saturated heterocycles. The molecule has 1 rings (SSSR count). The maximum Gasteiger partial charge on any atom is 0.270 e. The first-order valence-corrected chi connectivity index (χ1v) is 6.15. The predicted octanol–water partition coefficient (Wildman–Crippen LogP) is 1.71. The van der Waals surface area contributed by atoms with Gasteiger partial charge in [0, 0.05) is 30.3 Å². The normalized spacial score (nSPS) is 12.5. The Morgan fingerprint density at radius 3 is 2.63 bits per heavy atom. The molecule has 0 radical (unpaired) electrons. The van der Waals surface area contributed by atoms with Crippen LogP contribution in [0, 0.1) is 16.0 Å². The number of methoxy groups -OCH3 is 1. The number of aliphatic hydroxyl groups is 1. The van der Waals surface area contributed by atoms with E-state index in [9.17, 15) is 15.2 Å². The Morgan fingerprint density at radius 1 is 1.47 bits per heavy atom. The van der Waals surface area contributed by atoms with Crippen LogP contribution in [0.3, 0.4) is 0 Å². The molecule has 6 heteroatoms. The van der Waals surface area contributed by atoms with Gasteiger partial charge in [-0.3, -0.25) is 10.1 Å². The quantitative estimate of drug-likeness (QED) is 0.581. The van der Waals surface area contributed by atoms with Crippen LogP contribution in [0.4, 0.5) is 5.69 Å². The van der Waals surface area contributed by atoms with Crippen molar-refractivity contribution in [2.75, 3.05) is 13.7 Å². The van der Waals surface area contributed by atoms with E-state index in [4.69, 9.17) is 4.74 Å². The third kappa shape index (κ3) is 4.18. The fourth-order valence-electron chi connectivity index (χ4n) is 1.77. The van der Waals surface area contributed by atoms with Gasteiger partial charge in [-0.2, -0.15) is 0 Å². The SMILES string of the molecule is COc1ccc([N+](=O)[O-])cc1CN[C@H](CO)C(C)C. The van der Waals surface area contributed by atoms with Crippen LogP contribution in [0.1, 0.15) is 19.4 Å². The number of nitrogens with one attached hydrogen (secondary N) is 1. The number of nitro benzene ring substituents is 1. The van der Waals surface area contributed by atoms with Gasteiger partial charge in [0.05, 0.1) is 18.6 Å². The lowest BCUT2D eigenvalue weighted by molar-refractivity contribution is -0.384. The lowest BCUT2D eigenvalue weighted by atomic mass is 10.0. The molecule has 0 aliphatic carbocycles. The maximum atomic E-state index is 10.8. The van der Waals surface area contributed by atoms with Crippen LogP contribution >= 0.6 is 0 Å². The van der Waals surface area contributed by atoms with Crippen molar-refractivity contribution < 1.29 is 14.8 Å². The second-order valence-corrected chi connectivity index (χ2v) is 4.67. The lowest BCUT2D eigenvalue weighted by Crippen LogP contribution is -2.36. The van der Waals surface area contributed by atoms with Crippen LogP contribution in [0.15, 0.2) is 18.2 Å². The number of ether oxygens (including phenoxy) is 1. The second kappa shape index (κ2) is 7.06. The number of aliphatic hydroxyl groups excluding tert-OH is 1. The number of rotatable bonds is 7. The number of nitrogens with zero attached hydrogens (tertiary/aromatic N) is 1. The molecule has 0 unspecified atom stereocenters. The molecule has 0 aromatic heterocycles. The molecule has 0 spiro atoms. The lowest BCUT2D eigenvalue weighted by Gasteiger charge is -2.20. The average molecular weight is 268 g/mol. The summed E-state index contributed by atoms with van der Waals surface area (Å²) in [6.45, 7) is 4.43. The molecule has 0 heterocycles. The molecule has 0 saturated carbocycles. The van der Waals surface area contributed by atoms with Gasteiger partial charge < -0.3 is 15.2 Å². The van der Waals surface area contributed by atoms with E-state index < -0.39 is 4.92 Å². The Labute approximate surface area is 112 Å². The van der Waals surface area contributed by atoms with Crippen LogP contribution in [-0.2, 0) is 6.54 Å². The second-order valence-electron chi connectivity index (χ2n) is 4.67. The summed E-state index contributed by atoms with van der Waals surface area (Å²) >= 11 is 0. The van der Waals surface area contributed by atoms with E-state index >= 15 is 0 Å². The van der Waals surface area contributed by atoms with Crippen molar-refractivity contribution in [2.24, 2.45) is 5.92 Å². The van der Waals surface area contributed by atoms with Crippen LogP contribution in [-0.4, -0.2) is 29.8 Å². The van der Waals surface area contributed by atoms with E-state index in [2.05, 4.69) is 5.32 Å². The Kier molecular flexibility index (Phi) is 5.72. The van der Waals surface area contributed by atoms with Crippen LogP contribution < -0.4 is 10.1 Å². The number of hydrogen-bond donors (Lipinski definition) is 2. The van der Waals surface area contributed by atoms with Crippen molar-refractivity contribution in [1.82, 2.24) is 5.32 Å². The zero-order valence-electron chi connectivity index (χ0n) is 11.4. The predicted molar refractivity (Wildman–Crippen MR) is 72.2 cm³/mol. The standard InChI is InChI=1S/C13H20N2O4/c1-9(2)12(8-16)14-7-10-6-11(15(17)18)4-5-13(10)19-3/h4-6,9,12,14,16H,7-8H2,1-3H3/t12-/m1/s1. The van der Waals surface area contributed by atoms with Crippen LogP contribution in [0.25, 0.3) is 0 Å². The van der Waals surface area contributed by atoms with E-state index in [0.29, 0.717) is 17.9 Å². The maximum absolute atomic E-state index is 10.8. The topological polar surface area (TPSA) is 84.6 Å². The van der Waals surface area contributed by atoms with Gasteiger partial charge >= 0.3 is 0 Å². The van der Waals surface area contributed by atoms with Crippen molar-refractivity contribution in [3.05, 3.63) is 33.9 Å². The summed E-state index contributed by atoms with van der Waals surface area (Å²) in [4.78, 5) is 10.3. The molecule has 6 nitrogen and oxygen atoms in total. The molecule has 106 valence electrons. The third-order valence-electron chi connectivity index (χ3n) is 3.03. The highest BCUT2D eigenvalue weighted by Gasteiger charge is 2.15. The van der Waals surface area contributed by atoms with Crippen molar-refractivity contribution in [3.63, 3.8) is 0 Å². The van der Waals surface area contributed by atoms with Gasteiger partial charge in [0.15, 0.2) is 0 Å². The number of non-ortho nitro benzene ring substituents is 1. The molecular weight excluding hydrogens is 248 g/mol. The van der Waals surface area contributed by atoms with Crippen molar-refractivity contribution in [1.29, 1.82) is 0 Å². The average Bonchev–Trinajstić information content (AvgIpc) is 2.38. The van der Waals surface area contributed by atoms with Gasteiger partial charge in [-0.25, -0.2) is 0 Å². The van der Waals surface area contributed by atoms with Gasteiger partial charge in [0.2, 0.25) is 0 Å². The third-order valence-corrected chi connectivity index (χ3v) is 3.03. The highest BCUT2D eigenvalue weighted by Crippen LogP contribution is 2.24. The fraction of sp³-hybridized carbons (Fsp3) is 0.538. The van der Waals surface area contributed by atoms with E-state index in [-0.39, 0.29) is 24.3 Å². The van der Waals surface area contributed by atoms with Gasteiger partial charge in [-0.1, -0.05) is 13.8 Å². The number of nitro groups is 1. The molecule has 0 amide bonds. The summed E-state index contributed by atoms with van der Waals surface area (Å²) in [7, 11) is 1.52. The summed E-state index contributed by atoms with van der Waals surface area (Å²) in [6, 6.07) is 4.43. The van der Waals surface area contributed by atoms with Crippen molar-refractivity contribution in [3.8, 4) is 5.75 Å². The fourth-order valence-corrected chi connectivity index (χ4v) is 1.77. The zero-order chi connectivity index (χ0) is 14.4. The smallest absolute Gasteiger partial charge is 0.270 e. The molecule has 19 heavy (non-hydrogen) atoms. The minimum Gasteiger partial charge on any atom is -0.496 e. The van der Waals surface area contributed by atoms with Gasteiger partial charge in [-0.15, -0.1) is 0 Å². The number of hydrogen-bond acceptors (Lipinski definition) is 5. The highest BCUT2D eigenvalue weighted by atomic mass is 16.6. The molecule has 1 aromatic carbocycles. The zero-order valence-corrected chi connectivity index (χ0v) is 11.4. The van der Waals surface area contributed by atoms with Crippen LogP contribution in [0.2, 0.25) is 0 Å². The molecule has 0 aliphatic heterocycles. The summed E-state index contributed by atoms with van der Waals surface area (Å²) in [5, 5.41) is 23.2. The van der Waals surface area contributed by atoms with Gasteiger partial charge in [0.25, 0.3) is 5.69 Å². The van der Waals surface area contributed by atoms with E-state index in [1.165, 1.54) is 19.2 Å². The first kappa shape index (κ1) is 15.4. The minimum atomic E-state index is -0.436. The Balaban J connectivity index is 2.85. The van der Waals surface area contributed by atoms with Crippen LogP contribution in [0.5, 0.6) is 5.75 Å². The molecular formula is C13H20N2O4. The van der Waals surface area contributed by atoms with Crippen molar-refractivity contribution in [2.45, 2.75) is 26.4 Å². The van der Waals surface area contributed by atoms with Crippen molar-refractivity contribution >= 4 is 5.69 Å². The molecule has 0 bridgehead atoms. The largest absolute Gasteiger partial charge is 0.496 e. The summed E-state index contributed by atoms with van der Waals surface area (Å²) in [6.07, 6.45) is 0. The molecule has 0 fully saturated rings. The van der Waals surface area contributed by atoms with Gasteiger partial charge in [0.1, 0.15) is 5.75 Å². The summed E-state index contributed by atoms with van der Waals surface area (Å²) in [5.41, 5.74) is 0.735. The van der Waals surface area contributed by atoms with E-state index in [1.807, 2.05) is 13.8 Å². The monoisotopic (exact) mass is 268 g/mol. The summed E-state index contributed by atoms with van der Waals surface area (Å²) in [5.74, 6) is 0.869. The van der Waals surface area contributed by atoms with E-state index in [1.54, 1.807) is 6.07 Å². The Bertz CT molecular complexity index is 435. The highest BCUT2D eigenvalue weighted by molar-refractivity contribution is 5.43. The Morgan fingerprint density at radius 2 is 2.16 bits per heavy atom. The summed E-state index contributed by atoms with van der Waals surface area (Å²) < 4.78 is 5.18.